The van der Waals surface area contributed by atoms with E-state index in [2.05, 4.69) is 0 Å². The molecule has 0 amide bonds. The minimum absolute atomic E-state index is 0.128. The van der Waals surface area contributed by atoms with E-state index >= 15 is 0 Å². The lowest BCUT2D eigenvalue weighted by Crippen LogP contribution is -2.48. The van der Waals surface area contributed by atoms with E-state index in [4.69, 9.17) is 0 Å². The molecule has 1 heterocycles. The highest BCUT2D eigenvalue weighted by Gasteiger charge is 2.28. The fourth-order valence-corrected chi connectivity index (χ4v) is 4.47. The number of carbonyl (C=O) groups excluding carboxylic acids is 1. The van der Waals surface area contributed by atoms with E-state index in [1.165, 1.54) is 47.6 Å². The van der Waals surface area contributed by atoms with Crippen molar-refractivity contribution in [2.45, 2.75) is 18.4 Å². The first-order chi connectivity index (χ1) is 12.8. The van der Waals surface area contributed by atoms with Crippen molar-refractivity contribution < 1.29 is 22.0 Å². The molecule has 1 aliphatic heterocycles. The van der Waals surface area contributed by atoms with Crippen molar-refractivity contribution in [3.05, 3.63) is 65.2 Å². The molecule has 0 N–H and O–H groups in total. The highest BCUT2D eigenvalue weighted by atomic mass is 32.2. The fourth-order valence-electron chi connectivity index (χ4n) is 3.05. The van der Waals surface area contributed by atoms with E-state index in [1.54, 1.807) is 0 Å². The third-order valence-corrected chi connectivity index (χ3v) is 6.57. The Kier molecular flexibility index (Phi) is 5.69. The van der Waals surface area contributed by atoms with Gasteiger partial charge in [0.15, 0.2) is 17.4 Å². The summed E-state index contributed by atoms with van der Waals surface area (Å²) in [6.45, 7) is 3.00. The Morgan fingerprint density at radius 3 is 2.22 bits per heavy atom. The third-order valence-electron chi connectivity index (χ3n) is 4.66. The quantitative estimate of drug-likeness (QED) is 0.732. The molecule has 2 aromatic carbocycles. The van der Waals surface area contributed by atoms with Crippen LogP contribution in [0.15, 0.2) is 47.4 Å². The predicted molar refractivity (Wildman–Crippen MR) is 96.8 cm³/mol. The lowest BCUT2D eigenvalue weighted by molar-refractivity contribution is 0.101. The zero-order valence-corrected chi connectivity index (χ0v) is 15.7. The fraction of sp³-hybridized carbons (Fsp3) is 0.316. The summed E-state index contributed by atoms with van der Waals surface area (Å²) in [5, 5.41) is 0. The molecule has 0 radical (unpaired) electrons. The van der Waals surface area contributed by atoms with Crippen molar-refractivity contribution in [1.29, 1.82) is 0 Å². The average molecular weight is 394 g/mol. The molecule has 5 nitrogen and oxygen atoms in total. The van der Waals surface area contributed by atoms with Gasteiger partial charge in [-0.3, -0.25) is 9.69 Å². The maximum atomic E-state index is 13.8. The van der Waals surface area contributed by atoms with Gasteiger partial charge in [0.05, 0.1) is 4.90 Å². The van der Waals surface area contributed by atoms with E-state index in [9.17, 15) is 22.0 Å². The van der Waals surface area contributed by atoms with E-state index in [0.29, 0.717) is 18.7 Å². The number of ketones is 1. The maximum absolute atomic E-state index is 13.8. The van der Waals surface area contributed by atoms with Crippen molar-refractivity contribution >= 4 is 15.8 Å². The second-order valence-electron chi connectivity index (χ2n) is 6.47. The van der Waals surface area contributed by atoms with Gasteiger partial charge in [0, 0.05) is 43.9 Å². The Labute approximate surface area is 157 Å². The van der Waals surface area contributed by atoms with Crippen LogP contribution in [0.5, 0.6) is 0 Å². The number of carbonyl (C=O) groups is 1. The molecule has 1 aliphatic rings. The molecule has 0 spiro atoms. The summed E-state index contributed by atoms with van der Waals surface area (Å²) in [6.07, 6.45) is 0. The molecule has 1 fully saturated rings. The topological polar surface area (TPSA) is 57.7 Å². The van der Waals surface area contributed by atoms with Crippen LogP contribution in [-0.4, -0.2) is 49.6 Å². The number of hydrogen-bond donors (Lipinski definition) is 0. The number of sulfonamides is 1. The van der Waals surface area contributed by atoms with Gasteiger partial charge < -0.3 is 0 Å². The lowest BCUT2D eigenvalue weighted by atomic mass is 10.2. The van der Waals surface area contributed by atoms with Gasteiger partial charge in [-0.15, -0.1) is 0 Å². The van der Waals surface area contributed by atoms with Gasteiger partial charge in [0.25, 0.3) is 0 Å². The van der Waals surface area contributed by atoms with Crippen molar-refractivity contribution in [1.82, 2.24) is 9.21 Å². The molecule has 3 rings (SSSR count). The first kappa shape index (κ1) is 19.6. The molecule has 8 heteroatoms. The van der Waals surface area contributed by atoms with Crippen LogP contribution in [0.2, 0.25) is 0 Å². The van der Waals surface area contributed by atoms with Crippen LogP contribution in [0.3, 0.4) is 0 Å². The maximum Gasteiger partial charge on any atom is 0.243 e. The minimum Gasteiger partial charge on any atom is -0.296 e. The first-order valence-electron chi connectivity index (χ1n) is 8.55. The zero-order chi connectivity index (χ0) is 19.6. The normalized spacial score (nSPS) is 16.4. The van der Waals surface area contributed by atoms with Crippen LogP contribution in [-0.2, 0) is 16.6 Å². The number of Topliss-reactive ketones (excluding diaryl/α,β-unsaturated/α-hetero) is 1. The largest absolute Gasteiger partial charge is 0.296 e. The van der Waals surface area contributed by atoms with E-state index < -0.39 is 21.7 Å². The van der Waals surface area contributed by atoms with Crippen LogP contribution in [0.1, 0.15) is 22.8 Å². The average Bonchev–Trinajstić information content (AvgIpc) is 2.66. The van der Waals surface area contributed by atoms with Crippen LogP contribution in [0, 0.1) is 11.6 Å². The Balaban J connectivity index is 1.65. The monoisotopic (exact) mass is 394 g/mol. The van der Waals surface area contributed by atoms with Gasteiger partial charge in [-0.05, 0) is 25.1 Å². The van der Waals surface area contributed by atoms with Gasteiger partial charge in [0.1, 0.15) is 0 Å². The Bertz CT molecular complexity index is 938. The molecule has 144 valence electrons. The highest BCUT2D eigenvalue weighted by molar-refractivity contribution is 7.89. The summed E-state index contributed by atoms with van der Waals surface area (Å²) < 4.78 is 54.0. The molecule has 0 atom stereocenters. The summed E-state index contributed by atoms with van der Waals surface area (Å²) in [5.74, 6) is -1.88. The summed E-state index contributed by atoms with van der Waals surface area (Å²) in [4.78, 5) is 13.4. The summed E-state index contributed by atoms with van der Waals surface area (Å²) in [7, 11) is -3.65. The minimum atomic E-state index is -3.65. The zero-order valence-electron chi connectivity index (χ0n) is 14.9. The lowest BCUT2D eigenvalue weighted by Gasteiger charge is -2.34. The van der Waals surface area contributed by atoms with Gasteiger partial charge >= 0.3 is 0 Å². The van der Waals surface area contributed by atoms with Crippen LogP contribution in [0.4, 0.5) is 8.78 Å². The van der Waals surface area contributed by atoms with E-state index in [-0.39, 0.29) is 35.9 Å². The molecular weight excluding hydrogens is 374 g/mol. The second-order valence-corrected chi connectivity index (χ2v) is 8.41. The molecule has 0 saturated carbocycles. The molecule has 0 aromatic heterocycles. The van der Waals surface area contributed by atoms with Crippen molar-refractivity contribution in [2.75, 3.05) is 26.2 Å². The molecule has 1 saturated heterocycles. The van der Waals surface area contributed by atoms with Gasteiger partial charge in [-0.25, -0.2) is 17.2 Å². The number of rotatable bonds is 5. The SMILES string of the molecule is CC(=O)c1ccc(S(=O)(=O)N2CCN(Cc3cccc(F)c3F)CC2)cc1. The Morgan fingerprint density at radius 1 is 1.00 bits per heavy atom. The smallest absolute Gasteiger partial charge is 0.243 e. The van der Waals surface area contributed by atoms with Crippen molar-refractivity contribution in [2.24, 2.45) is 0 Å². The van der Waals surface area contributed by atoms with Crippen LogP contribution < -0.4 is 0 Å². The van der Waals surface area contributed by atoms with Crippen LogP contribution in [0.25, 0.3) is 0 Å². The molecule has 0 unspecified atom stereocenters. The standard InChI is InChI=1S/C19H20F2N2O3S/c1-14(24)15-5-7-17(8-6-15)27(25,26)23-11-9-22(10-12-23)13-16-3-2-4-18(20)19(16)21/h2-8H,9-13H2,1H3. The summed E-state index contributed by atoms with van der Waals surface area (Å²) in [6, 6.07) is 9.91. The highest BCUT2D eigenvalue weighted by Crippen LogP contribution is 2.20. The molecule has 27 heavy (non-hydrogen) atoms. The molecule has 0 aliphatic carbocycles. The predicted octanol–water partition coefficient (Wildman–Crippen LogP) is 2.67. The Hall–Kier alpha value is -2.16. The number of benzene rings is 2. The number of halogens is 2. The molecular formula is C19H20F2N2O3S. The van der Waals surface area contributed by atoms with Gasteiger partial charge in [0.2, 0.25) is 10.0 Å². The van der Waals surface area contributed by atoms with Crippen molar-refractivity contribution in [3.8, 4) is 0 Å². The number of hydrogen-bond acceptors (Lipinski definition) is 4. The first-order valence-corrected chi connectivity index (χ1v) is 9.99. The molecule has 2 aromatic rings. The number of nitrogens with zero attached hydrogens (tertiary/aromatic N) is 2. The molecule has 0 bridgehead atoms. The summed E-state index contributed by atoms with van der Waals surface area (Å²) in [5.41, 5.74) is 0.710. The van der Waals surface area contributed by atoms with E-state index in [0.717, 1.165) is 6.07 Å². The van der Waals surface area contributed by atoms with Gasteiger partial charge in [-0.2, -0.15) is 4.31 Å². The second kappa shape index (κ2) is 7.84. The van der Waals surface area contributed by atoms with Crippen LogP contribution >= 0.6 is 0 Å². The Morgan fingerprint density at radius 2 is 1.63 bits per heavy atom. The number of piperazine rings is 1. The van der Waals surface area contributed by atoms with Crippen molar-refractivity contribution in [3.63, 3.8) is 0 Å². The third kappa shape index (κ3) is 4.23. The van der Waals surface area contributed by atoms with E-state index in [1.807, 2.05) is 4.90 Å². The summed E-state index contributed by atoms with van der Waals surface area (Å²) >= 11 is 0. The van der Waals surface area contributed by atoms with Gasteiger partial charge in [-0.1, -0.05) is 24.3 Å².